The van der Waals surface area contributed by atoms with Gasteiger partial charge in [0.2, 0.25) is 0 Å². The summed E-state index contributed by atoms with van der Waals surface area (Å²) in [6.45, 7) is 3.62. The summed E-state index contributed by atoms with van der Waals surface area (Å²) >= 11 is 8.73. The first-order valence-electron chi connectivity index (χ1n) is 6.97. The third-order valence-electron chi connectivity index (χ3n) is 3.08. The Hall–Kier alpha value is -1.60. The predicted molar refractivity (Wildman–Crippen MR) is 96.5 cm³/mol. The van der Waals surface area contributed by atoms with Crippen LogP contribution >= 0.6 is 28.1 Å². The molecule has 118 valence electrons. The molecule has 0 saturated carbocycles. The van der Waals surface area contributed by atoms with Crippen LogP contribution in [0.3, 0.4) is 0 Å². The monoisotopic (exact) mass is 382 g/mol. The molecule has 0 aliphatic rings. The summed E-state index contributed by atoms with van der Waals surface area (Å²) in [4.78, 5) is 0. The van der Waals surface area contributed by atoms with Gasteiger partial charge < -0.3 is 15.4 Å². The Morgan fingerprint density at radius 2 is 2.09 bits per heavy atom. The summed E-state index contributed by atoms with van der Waals surface area (Å²) in [5.74, 6) is 0.824. The number of aromatic nitrogens is 2. The lowest BCUT2D eigenvalue weighted by molar-refractivity contribution is 0.415. The van der Waals surface area contributed by atoms with Crippen LogP contribution in [0.25, 0.3) is 0 Å². The SMILES string of the molecule is COc1ccc(NC(=S)NCCCn2cc(Br)c(C)n2)cc1. The van der Waals surface area contributed by atoms with Crippen LogP contribution in [0.1, 0.15) is 12.1 Å². The minimum absolute atomic E-state index is 0.614. The molecule has 7 heteroatoms. The molecule has 2 aromatic rings. The van der Waals surface area contributed by atoms with E-state index in [1.807, 2.05) is 42.1 Å². The van der Waals surface area contributed by atoms with Gasteiger partial charge in [0.1, 0.15) is 5.75 Å². The van der Waals surface area contributed by atoms with Crippen LogP contribution < -0.4 is 15.4 Å². The summed E-state index contributed by atoms with van der Waals surface area (Å²) in [5, 5.41) is 11.3. The van der Waals surface area contributed by atoms with Crippen LogP contribution in [-0.4, -0.2) is 28.5 Å². The average molecular weight is 383 g/mol. The van der Waals surface area contributed by atoms with E-state index in [2.05, 4.69) is 31.7 Å². The van der Waals surface area contributed by atoms with E-state index in [1.54, 1.807) is 7.11 Å². The topological polar surface area (TPSA) is 51.1 Å². The van der Waals surface area contributed by atoms with Gasteiger partial charge in [0.05, 0.1) is 17.3 Å². The number of methoxy groups -OCH3 is 1. The molecule has 1 aromatic carbocycles. The lowest BCUT2D eigenvalue weighted by atomic mass is 10.3. The van der Waals surface area contributed by atoms with Crippen molar-refractivity contribution in [2.45, 2.75) is 19.9 Å². The Morgan fingerprint density at radius 3 is 2.68 bits per heavy atom. The number of nitrogens with one attached hydrogen (secondary N) is 2. The number of ether oxygens (including phenoxy) is 1. The molecule has 1 heterocycles. The second kappa shape index (κ2) is 8.14. The van der Waals surface area contributed by atoms with Crippen molar-refractivity contribution in [1.29, 1.82) is 0 Å². The van der Waals surface area contributed by atoms with Crippen molar-refractivity contribution in [1.82, 2.24) is 15.1 Å². The zero-order valence-corrected chi connectivity index (χ0v) is 15.0. The van der Waals surface area contributed by atoms with Crippen molar-refractivity contribution in [2.75, 3.05) is 19.0 Å². The molecule has 0 radical (unpaired) electrons. The molecule has 5 nitrogen and oxygen atoms in total. The van der Waals surface area contributed by atoms with Gasteiger partial charge in [0.15, 0.2) is 5.11 Å². The Bertz CT molecular complexity index is 607. The lowest BCUT2D eigenvalue weighted by Crippen LogP contribution is -2.29. The van der Waals surface area contributed by atoms with Gasteiger partial charge in [0.25, 0.3) is 0 Å². The van der Waals surface area contributed by atoms with Crippen molar-refractivity contribution in [3.8, 4) is 5.75 Å². The summed E-state index contributed by atoms with van der Waals surface area (Å²) in [5.41, 5.74) is 1.94. The molecule has 0 aliphatic heterocycles. The zero-order chi connectivity index (χ0) is 15.9. The molecule has 0 fully saturated rings. The van der Waals surface area contributed by atoms with E-state index in [0.717, 1.165) is 41.1 Å². The van der Waals surface area contributed by atoms with E-state index in [4.69, 9.17) is 17.0 Å². The van der Waals surface area contributed by atoms with Gasteiger partial charge in [-0.1, -0.05) is 0 Å². The van der Waals surface area contributed by atoms with Crippen LogP contribution in [0.4, 0.5) is 5.69 Å². The maximum absolute atomic E-state index is 5.27. The van der Waals surface area contributed by atoms with Gasteiger partial charge in [-0.25, -0.2) is 0 Å². The van der Waals surface area contributed by atoms with Gasteiger partial charge in [-0.05, 0) is 65.8 Å². The van der Waals surface area contributed by atoms with Gasteiger partial charge in [-0.2, -0.15) is 5.10 Å². The molecule has 0 amide bonds. The molecule has 0 spiro atoms. The molecular formula is C15H19BrN4OS. The predicted octanol–water partition coefficient (Wildman–Crippen LogP) is 3.34. The third-order valence-corrected chi connectivity index (χ3v) is 4.11. The number of hydrogen-bond acceptors (Lipinski definition) is 3. The molecule has 0 unspecified atom stereocenters. The Kier molecular flexibility index (Phi) is 6.21. The number of nitrogens with zero attached hydrogens (tertiary/aromatic N) is 2. The highest BCUT2D eigenvalue weighted by Crippen LogP contribution is 2.15. The van der Waals surface area contributed by atoms with Crippen LogP contribution in [0, 0.1) is 6.92 Å². The van der Waals surface area contributed by atoms with Crippen LogP contribution in [0.5, 0.6) is 5.75 Å². The number of anilines is 1. The molecule has 0 bridgehead atoms. The van der Waals surface area contributed by atoms with Crippen molar-refractivity contribution in [2.24, 2.45) is 0 Å². The van der Waals surface area contributed by atoms with E-state index < -0.39 is 0 Å². The molecule has 22 heavy (non-hydrogen) atoms. The van der Waals surface area contributed by atoms with Crippen LogP contribution in [-0.2, 0) is 6.54 Å². The summed E-state index contributed by atoms with van der Waals surface area (Å²) in [6, 6.07) is 7.64. The highest BCUT2D eigenvalue weighted by Gasteiger charge is 2.01. The van der Waals surface area contributed by atoms with E-state index >= 15 is 0 Å². The first-order valence-corrected chi connectivity index (χ1v) is 8.17. The van der Waals surface area contributed by atoms with E-state index in [9.17, 15) is 0 Å². The van der Waals surface area contributed by atoms with Crippen LogP contribution in [0.2, 0.25) is 0 Å². The number of aryl methyl sites for hydroxylation is 2. The minimum Gasteiger partial charge on any atom is -0.497 e. The Labute approximate surface area is 144 Å². The van der Waals surface area contributed by atoms with E-state index in [0.29, 0.717) is 5.11 Å². The average Bonchev–Trinajstić information content (AvgIpc) is 2.83. The van der Waals surface area contributed by atoms with E-state index in [-0.39, 0.29) is 0 Å². The summed E-state index contributed by atoms with van der Waals surface area (Å²) < 4.78 is 8.09. The molecular weight excluding hydrogens is 364 g/mol. The molecule has 0 saturated heterocycles. The molecule has 1 aromatic heterocycles. The normalized spacial score (nSPS) is 10.3. The smallest absolute Gasteiger partial charge is 0.170 e. The number of benzene rings is 1. The van der Waals surface area contributed by atoms with Crippen molar-refractivity contribution in [3.63, 3.8) is 0 Å². The van der Waals surface area contributed by atoms with Gasteiger partial charge in [-0.3, -0.25) is 4.68 Å². The fourth-order valence-electron chi connectivity index (χ4n) is 1.90. The summed E-state index contributed by atoms with van der Waals surface area (Å²) in [6.07, 6.45) is 2.93. The number of rotatable bonds is 6. The lowest BCUT2D eigenvalue weighted by Gasteiger charge is -2.11. The number of hydrogen-bond donors (Lipinski definition) is 2. The number of halogens is 1. The molecule has 2 N–H and O–H groups in total. The first kappa shape index (κ1) is 16.8. The molecule has 2 rings (SSSR count). The number of thiocarbonyl (C=S) groups is 1. The first-order chi connectivity index (χ1) is 10.6. The van der Waals surface area contributed by atoms with Crippen molar-refractivity contribution in [3.05, 3.63) is 40.6 Å². The van der Waals surface area contributed by atoms with Crippen molar-refractivity contribution >= 4 is 38.9 Å². The minimum atomic E-state index is 0.614. The largest absolute Gasteiger partial charge is 0.497 e. The van der Waals surface area contributed by atoms with Gasteiger partial charge >= 0.3 is 0 Å². The van der Waals surface area contributed by atoms with Gasteiger partial charge in [-0.15, -0.1) is 0 Å². The second-order valence-corrected chi connectivity index (χ2v) is 6.05. The highest BCUT2D eigenvalue weighted by molar-refractivity contribution is 9.10. The zero-order valence-electron chi connectivity index (χ0n) is 12.6. The highest BCUT2D eigenvalue weighted by atomic mass is 79.9. The third kappa shape index (κ3) is 4.99. The van der Waals surface area contributed by atoms with Gasteiger partial charge in [0, 0.05) is 25.0 Å². The fourth-order valence-corrected chi connectivity index (χ4v) is 2.44. The Balaban J connectivity index is 1.68. The molecule has 0 aliphatic carbocycles. The van der Waals surface area contributed by atoms with Crippen LogP contribution in [0.15, 0.2) is 34.9 Å². The second-order valence-electron chi connectivity index (χ2n) is 4.79. The fraction of sp³-hybridized carbons (Fsp3) is 0.333. The Morgan fingerprint density at radius 1 is 1.36 bits per heavy atom. The molecule has 0 atom stereocenters. The maximum atomic E-state index is 5.27. The maximum Gasteiger partial charge on any atom is 0.170 e. The quantitative estimate of drug-likeness (QED) is 0.592. The summed E-state index contributed by atoms with van der Waals surface area (Å²) in [7, 11) is 1.65. The van der Waals surface area contributed by atoms with Crippen molar-refractivity contribution < 1.29 is 4.74 Å². The van der Waals surface area contributed by atoms with E-state index in [1.165, 1.54) is 0 Å². The standard InChI is InChI=1S/C15H19BrN4OS/c1-11-14(16)10-20(19-11)9-3-8-17-15(22)18-12-4-6-13(21-2)7-5-12/h4-7,10H,3,8-9H2,1-2H3,(H2,17,18,22).